The van der Waals surface area contributed by atoms with Crippen molar-refractivity contribution in [1.29, 1.82) is 0 Å². The summed E-state index contributed by atoms with van der Waals surface area (Å²) in [6.07, 6.45) is 1.37. The molecule has 0 aliphatic rings. The van der Waals surface area contributed by atoms with Crippen molar-refractivity contribution in [3.05, 3.63) is 53.9 Å². The van der Waals surface area contributed by atoms with Gasteiger partial charge < -0.3 is 10.5 Å². The number of rotatable bonds is 7. The fraction of sp³-hybridized carbons (Fsp3) is 0.294. The molecular weight excluding hydrogens is 374 g/mol. The Morgan fingerprint density at radius 3 is 2.35 bits per heavy atom. The lowest BCUT2D eigenvalue weighted by molar-refractivity contribution is -0.645. The molecule has 2 N–H and O–H groups in total. The second kappa shape index (κ2) is 8.52. The summed E-state index contributed by atoms with van der Waals surface area (Å²) in [4.78, 5) is 12.4. The van der Waals surface area contributed by atoms with E-state index in [2.05, 4.69) is 10.0 Å². The molecule has 9 heteroatoms. The number of thioether (sulfide) groups is 1. The van der Waals surface area contributed by atoms with E-state index in [0.717, 1.165) is 11.8 Å². The van der Waals surface area contributed by atoms with E-state index in [9.17, 15) is 18.4 Å². The second-order valence-corrected chi connectivity index (χ2v) is 8.99. The zero-order chi connectivity index (χ0) is 19.3. The highest BCUT2D eigenvalue weighted by Gasteiger charge is 2.19. The predicted molar refractivity (Wildman–Crippen MR) is 101 cm³/mol. The van der Waals surface area contributed by atoms with Gasteiger partial charge in [0, 0.05) is 23.9 Å². The van der Waals surface area contributed by atoms with Gasteiger partial charge in [-0.1, -0.05) is 0 Å². The monoisotopic (exact) mass is 395 g/mol. The van der Waals surface area contributed by atoms with Crippen molar-refractivity contribution < 1.29 is 17.9 Å². The van der Waals surface area contributed by atoms with Crippen molar-refractivity contribution in [1.82, 2.24) is 4.72 Å². The van der Waals surface area contributed by atoms with Crippen LogP contribution in [-0.2, 0) is 14.8 Å². The maximum atomic E-state index is 12.3. The Morgan fingerprint density at radius 1 is 1.12 bits per heavy atom. The lowest BCUT2D eigenvalue weighted by atomic mass is 10.3. The first-order valence-corrected chi connectivity index (χ1v) is 10.3. The standard InChI is InChI=1S/C17H21N3O4S2/c1-12(2)19-26(23,24)15-9-7-14(8-10-15)18-17(21)13(3)25-16-6-4-5-11-20(16)22/h4-13,19H,1-3H3,(H,18,21)/t13-/m0/s1. The maximum absolute atomic E-state index is 12.3. The summed E-state index contributed by atoms with van der Waals surface area (Å²) in [7, 11) is -3.57. The summed E-state index contributed by atoms with van der Waals surface area (Å²) in [5, 5.41) is 14.3. The normalized spacial score (nSPS) is 12.8. The zero-order valence-corrected chi connectivity index (χ0v) is 16.3. The van der Waals surface area contributed by atoms with E-state index in [1.807, 2.05) is 0 Å². The summed E-state index contributed by atoms with van der Waals surface area (Å²) in [6.45, 7) is 5.17. The molecule has 0 unspecified atom stereocenters. The highest BCUT2D eigenvalue weighted by molar-refractivity contribution is 8.00. The smallest absolute Gasteiger partial charge is 0.252 e. The lowest BCUT2D eigenvalue weighted by Crippen LogP contribution is -2.31. The third kappa shape index (κ3) is 5.45. The van der Waals surface area contributed by atoms with Gasteiger partial charge in [-0.3, -0.25) is 4.79 Å². The number of hydrogen-bond donors (Lipinski definition) is 2. The fourth-order valence-corrected chi connectivity index (χ4v) is 4.18. The minimum absolute atomic E-state index is 0.128. The highest BCUT2D eigenvalue weighted by Crippen LogP contribution is 2.21. The minimum Gasteiger partial charge on any atom is -0.618 e. The quantitative estimate of drug-likeness (QED) is 0.425. The molecule has 0 aliphatic heterocycles. The number of carbonyl (C=O) groups is 1. The van der Waals surface area contributed by atoms with Crippen molar-refractivity contribution in [2.24, 2.45) is 0 Å². The van der Waals surface area contributed by atoms with E-state index in [1.165, 1.54) is 30.5 Å². The molecule has 2 aromatic rings. The van der Waals surface area contributed by atoms with Gasteiger partial charge in [-0.2, -0.15) is 4.73 Å². The SMILES string of the molecule is CC(C)NS(=O)(=O)c1ccc(NC(=O)[C@H](C)Sc2cccc[n+]2[O-])cc1. The third-order valence-corrected chi connectivity index (χ3v) is 6.08. The molecule has 1 aromatic heterocycles. The Hall–Kier alpha value is -2.10. The van der Waals surface area contributed by atoms with Crippen LogP contribution in [0.5, 0.6) is 0 Å². The summed E-state index contributed by atoms with van der Waals surface area (Å²) in [5.41, 5.74) is 0.481. The number of carbonyl (C=O) groups excluding carboxylic acids is 1. The molecule has 1 heterocycles. The van der Waals surface area contributed by atoms with Crippen LogP contribution in [0.1, 0.15) is 20.8 Å². The van der Waals surface area contributed by atoms with Crippen LogP contribution in [0.25, 0.3) is 0 Å². The Labute approximate surface area is 157 Å². The van der Waals surface area contributed by atoms with Crippen LogP contribution >= 0.6 is 11.8 Å². The Balaban J connectivity index is 2.02. The van der Waals surface area contributed by atoms with Gasteiger partial charge in [0.15, 0.2) is 6.20 Å². The number of sulfonamides is 1. The molecule has 2 rings (SSSR count). The van der Waals surface area contributed by atoms with Crippen molar-refractivity contribution in [2.75, 3.05) is 5.32 Å². The fourth-order valence-electron chi connectivity index (χ4n) is 2.08. The molecule has 1 amide bonds. The Bertz CT molecular complexity index is 868. The van der Waals surface area contributed by atoms with E-state index in [0.29, 0.717) is 15.4 Å². The first-order chi connectivity index (χ1) is 12.2. The molecule has 140 valence electrons. The molecule has 0 radical (unpaired) electrons. The molecule has 0 aliphatic carbocycles. The number of amides is 1. The number of benzene rings is 1. The first-order valence-electron chi connectivity index (χ1n) is 7.97. The van der Waals surface area contributed by atoms with Gasteiger partial charge in [-0.15, -0.1) is 0 Å². The Morgan fingerprint density at radius 2 is 1.77 bits per heavy atom. The number of aromatic nitrogens is 1. The summed E-state index contributed by atoms with van der Waals surface area (Å²) in [5.74, 6) is -0.283. The van der Waals surface area contributed by atoms with E-state index >= 15 is 0 Å². The van der Waals surface area contributed by atoms with Gasteiger partial charge in [-0.25, -0.2) is 13.1 Å². The molecule has 1 atom stereocenters. The number of nitrogens with zero attached hydrogens (tertiary/aromatic N) is 1. The van der Waals surface area contributed by atoms with E-state index in [-0.39, 0.29) is 16.8 Å². The number of anilines is 1. The van der Waals surface area contributed by atoms with Crippen LogP contribution in [0.2, 0.25) is 0 Å². The zero-order valence-electron chi connectivity index (χ0n) is 14.7. The molecule has 7 nitrogen and oxygen atoms in total. The molecule has 26 heavy (non-hydrogen) atoms. The van der Waals surface area contributed by atoms with Crippen LogP contribution in [0, 0.1) is 5.21 Å². The Kier molecular flexibility index (Phi) is 6.63. The summed E-state index contributed by atoms with van der Waals surface area (Å²) >= 11 is 1.14. The van der Waals surface area contributed by atoms with Gasteiger partial charge in [0.2, 0.25) is 15.9 Å². The van der Waals surface area contributed by atoms with E-state index in [1.54, 1.807) is 39.0 Å². The highest BCUT2D eigenvalue weighted by atomic mass is 32.2. The largest absolute Gasteiger partial charge is 0.618 e. The van der Waals surface area contributed by atoms with Gasteiger partial charge in [0.1, 0.15) is 0 Å². The van der Waals surface area contributed by atoms with Gasteiger partial charge in [0.05, 0.1) is 10.1 Å². The average molecular weight is 396 g/mol. The molecule has 1 aromatic carbocycles. The lowest BCUT2D eigenvalue weighted by Gasteiger charge is -2.13. The molecule has 0 saturated heterocycles. The second-order valence-electron chi connectivity index (χ2n) is 5.91. The first kappa shape index (κ1) is 20.2. The number of hydrogen-bond acceptors (Lipinski definition) is 5. The predicted octanol–water partition coefficient (Wildman–Crippen LogP) is 2.13. The van der Waals surface area contributed by atoms with Gasteiger partial charge in [0.25, 0.3) is 5.03 Å². The number of nitrogens with one attached hydrogen (secondary N) is 2. The molecule has 0 fully saturated rings. The van der Waals surface area contributed by atoms with Crippen LogP contribution in [0.4, 0.5) is 5.69 Å². The van der Waals surface area contributed by atoms with Gasteiger partial charge in [-0.05, 0) is 62.9 Å². The van der Waals surface area contributed by atoms with Crippen molar-refractivity contribution in [2.45, 2.75) is 42.0 Å². The van der Waals surface area contributed by atoms with Crippen LogP contribution in [0.15, 0.2) is 58.6 Å². The minimum atomic E-state index is -3.57. The molecule has 0 bridgehead atoms. The van der Waals surface area contributed by atoms with E-state index < -0.39 is 15.3 Å². The third-order valence-electron chi connectivity index (χ3n) is 3.28. The molecule has 0 spiro atoms. The maximum Gasteiger partial charge on any atom is 0.252 e. The topological polar surface area (TPSA) is 102 Å². The average Bonchev–Trinajstić information content (AvgIpc) is 2.56. The molecule has 0 saturated carbocycles. The van der Waals surface area contributed by atoms with Crippen LogP contribution in [-0.4, -0.2) is 25.6 Å². The van der Waals surface area contributed by atoms with Crippen molar-refractivity contribution in [3.63, 3.8) is 0 Å². The summed E-state index contributed by atoms with van der Waals surface area (Å²) < 4.78 is 27.4. The van der Waals surface area contributed by atoms with Crippen LogP contribution in [0.3, 0.4) is 0 Å². The van der Waals surface area contributed by atoms with Crippen molar-refractivity contribution in [3.8, 4) is 0 Å². The van der Waals surface area contributed by atoms with Crippen molar-refractivity contribution >= 4 is 33.4 Å². The van der Waals surface area contributed by atoms with E-state index in [4.69, 9.17) is 0 Å². The summed E-state index contributed by atoms with van der Waals surface area (Å²) in [6, 6.07) is 10.7. The van der Waals surface area contributed by atoms with Gasteiger partial charge >= 0.3 is 0 Å². The molecular formula is C17H21N3O4S2. The number of pyridine rings is 1. The van der Waals surface area contributed by atoms with Crippen LogP contribution < -0.4 is 14.8 Å².